The minimum absolute atomic E-state index is 0. The second-order valence-corrected chi connectivity index (χ2v) is 9.90. The molecule has 140 valence electrons. The highest BCUT2D eigenvalue weighted by Gasteiger charge is 2.42. The summed E-state index contributed by atoms with van der Waals surface area (Å²) in [5.41, 5.74) is 0. The molecule has 3 aromatic carbocycles. The lowest BCUT2D eigenvalue weighted by molar-refractivity contribution is -0.00000515. The van der Waals surface area contributed by atoms with Crippen molar-refractivity contribution in [2.75, 3.05) is 0 Å². The predicted octanol–water partition coefficient (Wildman–Crippen LogP) is 3.08. The van der Waals surface area contributed by atoms with E-state index in [0.717, 1.165) is 6.42 Å². The molecule has 0 amide bonds. The second-order valence-electron chi connectivity index (χ2n) is 6.61. The maximum atomic E-state index is 2.53. The normalized spacial score (nSPS) is 11.3. The van der Waals surface area contributed by atoms with E-state index in [1.165, 1.54) is 35.2 Å². The Bertz CT molecular complexity index is 701. The molecule has 0 saturated heterocycles. The van der Waals surface area contributed by atoms with Crippen LogP contribution < -0.4 is 39.9 Å². The van der Waals surface area contributed by atoms with Crippen molar-refractivity contribution in [3.8, 4) is 0 Å². The zero-order valence-electron chi connectivity index (χ0n) is 16.0. The van der Waals surface area contributed by atoms with Crippen molar-refractivity contribution in [3.05, 3.63) is 103 Å². The molecule has 3 rings (SSSR count). The Morgan fingerprint density at radius 3 is 1.41 bits per heavy atom. The Morgan fingerprint density at radius 2 is 1.04 bits per heavy atom. The second kappa shape index (κ2) is 11.4. The number of rotatable bonds is 8. The first kappa shape index (κ1) is 21.9. The third-order valence-corrected chi connectivity index (χ3v) is 8.79. The molecule has 0 nitrogen and oxygen atoms in total. The van der Waals surface area contributed by atoms with E-state index in [4.69, 9.17) is 0 Å². The number of benzene rings is 3. The highest BCUT2D eigenvalue weighted by Crippen LogP contribution is 2.56. The SMILES string of the molecule is CCCCCC=C[P+](c1ccccc1)(c1ccccc1)c1ccccc1.[I-]. The van der Waals surface area contributed by atoms with Crippen LogP contribution in [0.4, 0.5) is 0 Å². The summed E-state index contributed by atoms with van der Waals surface area (Å²) in [6, 6.07) is 33.1. The van der Waals surface area contributed by atoms with Crippen molar-refractivity contribution in [3.63, 3.8) is 0 Å². The molecule has 0 fully saturated rings. The fraction of sp³-hybridized carbons (Fsp3) is 0.200. The average molecular weight is 486 g/mol. The lowest BCUT2D eigenvalue weighted by Crippen LogP contribution is -3.00. The third kappa shape index (κ3) is 5.30. The van der Waals surface area contributed by atoms with Crippen LogP contribution >= 0.6 is 7.26 Å². The maximum Gasteiger partial charge on any atom is 0.136 e. The molecule has 0 radical (unpaired) electrons. The van der Waals surface area contributed by atoms with Crippen molar-refractivity contribution in [1.82, 2.24) is 0 Å². The van der Waals surface area contributed by atoms with E-state index in [0.29, 0.717) is 0 Å². The summed E-state index contributed by atoms with van der Waals surface area (Å²) in [5, 5.41) is 4.26. The third-order valence-electron chi connectivity index (χ3n) is 4.79. The van der Waals surface area contributed by atoms with E-state index < -0.39 is 7.26 Å². The Morgan fingerprint density at radius 1 is 0.630 bits per heavy atom. The van der Waals surface area contributed by atoms with Crippen LogP contribution in [0.1, 0.15) is 32.6 Å². The van der Waals surface area contributed by atoms with Gasteiger partial charge in [0.2, 0.25) is 0 Å². The first-order chi connectivity index (χ1) is 12.9. The van der Waals surface area contributed by atoms with Crippen LogP contribution in [0.3, 0.4) is 0 Å². The molecule has 0 heterocycles. The molecule has 0 N–H and O–H groups in total. The lowest BCUT2D eigenvalue weighted by atomic mass is 10.2. The van der Waals surface area contributed by atoms with Crippen LogP contribution in [-0.4, -0.2) is 0 Å². The van der Waals surface area contributed by atoms with Gasteiger partial charge in [0.25, 0.3) is 0 Å². The highest BCUT2D eigenvalue weighted by molar-refractivity contribution is 7.98. The number of unbranched alkanes of at least 4 members (excludes halogenated alkanes) is 3. The van der Waals surface area contributed by atoms with E-state index in [1.54, 1.807) is 0 Å². The molecular formula is C25H28IP. The Balaban J connectivity index is 0.00000261. The summed E-state index contributed by atoms with van der Waals surface area (Å²) in [7, 11) is -1.78. The molecule has 0 atom stereocenters. The van der Waals surface area contributed by atoms with Crippen molar-refractivity contribution in [2.45, 2.75) is 32.6 Å². The van der Waals surface area contributed by atoms with Gasteiger partial charge in [0.05, 0.1) is 5.82 Å². The van der Waals surface area contributed by atoms with E-state index in [9.17, 15) is 0 Å². The molecule has 0 unspecified atom stereocenters. The molecule has 3 aromatic rings. The summed E-state index contributed by atoms with van der Waals surface area (Å²) < 4.78 is 0. The van der Waals surface area contributed by atoms with Crippen LogP contribution in [0.15, 0.2) is 103 Å². The lowest BCUT2D eigenvalue weighted by Gasteiger charge is -2.24. The molecule has 0 saturated carbocycles. The zero-order valence-corrected chi connectivity index (χ0v) is 19.0. The molecule has 0 aliphatic rings. The predicted molar refractivity (Wildman–Crippen MR) is 118 cm³/mol. The maximum absolute atomic E-state index is 2.53. The summed E-state index contributed by atoms with van der Waals surface area (Å²) in [4.78, 5) is 0. The van der Waals surface area contributed by atoms with Crippen LogP contribution in [0.25, 0.3) is 0 Å². The Hall–Kier alpha value is -1.44. The average Bonchev–Trinajstić information content (AvgIpc) is 2.73. The smallest absolute Gasteiger partial charge is 0.136 e. The van der Waals surface area contributed by atoms with E-state index in [2.05, 4.69) is 110 Å². The van der Waals surface area contributed by atoms with Gasteiger partial charge in [0, 0.05) is 0 Å². The van der Waals surface area contributed by atoms with E-state index >= 15 is 0 Å². The minimum Gasteiger partial charge on any atom is -1.00 e. The van der Waals surface area contributed by atoms with Gasteiger partial charge in [0.1, 0.15) is 23.2 Å². The van der Waals surface area contributed by atoms with Gasteiger partial charge in [-0.2, -0.15) is 0 Å². The van der Waals surface area contributed by atoms with Gasteiger partial charge in [0.15, 0.2) is 0 Å². The molecule has 2 heteroatoms. The highest BCUT2D eigenvalue weighted by atomic mass is 127. The van der Waals surface area contributed by atoms with E-state index in [-0.39, 0.29) is 24.0 Å². The van der Waals surface area contributed by atoms with Gasteiger partial charge in [-0.15, -0.1) is 0 Å². The number of hydrogen-bond donors (Lipinski definition) is 0. The monoisotopic (exact) mass is 486 g/mol. The first-order valence-electron chi connectivity index (χ1n) is 9.61. The minimum atomic E-state index is -1.78. The van der Waals surface area contributed by atoms with Crippen molar-refractivity contribution >= 4 is 23.2 Å². The summed E-state index contributed by atoms with van der Waals surface area (Å²) in [5.74, 6) is 2.53. The fourth-order valence-corrected chi connectivity index (χ4v) is 7.24. The van der Waals surface area contributed by atoms with Crippen molar-refractivity contribution in [1.29, 1.82) is 0 Å². The van der Waals surface area contributed by atoms with Crippen LogP contribution in [0, 0.1) is 0 Å². The van der Waals surface area contributed by atoms with Gasteiger partial charge >= 0.3 is 0 Å². The van der Waals surface area contributed by atoms with Crippen LogP contribution in [0.5, 0.6) is 0 Å². The molecule has 0 aliphatic heterocycles. The Labute approximate surface area is 182 Å². The fourth-order valence-electron chi connectivity index (χ4n) is 3.44. The van der Waals surface area contributed by atoms with Gasteiger partial charge < -0.3 is 24.0 Å². The van der Waals surface area contributed by atoms with E-state index in [1.807, 2.05) is 0 Å². The number of hydrogen-bond acceptors (Lipinski definition) is 0. The van der Waals surface area contributed by atoms with Crippen molar-refractivity contribution in [2.24, 2.45) is 0 Å². The van der Waals surface area contributed by atoms with Crippen LogP contribution in [-0.2, 0) is 0 Å². The van der Waals surface area contributed by atoms with Gasteiger partial charge in [-0.25, -0.2) is 0 Å². The molecule has 0 spiro atoms. The van der Waals surface area contributed by atoms with Gasteiger partial charge in [-0.1, -0.05) is 74.4 Å². The summed E-state index contributed by atoms with van der Waals surface area (Å²) in [6.07, 6.45) is 7.42. The zero-order chi connectivity index (χ0) is 18.1. The largest absolute Gasteiger partial charge is 1.00 e. The molecule has 0 aromatic heterocycles. The summed E-state index contributed by atoms with van der Waals surface area (Å²) in [6.45, 7) is 2.26. The van der Waals surface area contributed by atoms with Crippen LogP contribution in [0.2, 0.25) is 0 Å². The van der Waals surface area contributed by atoms with Crippen molar-refractivity contribution < 1.29 is 24.0 Å². The van der Waals surface area contributed by atoms with Gasteiger partial charge in [-0.3, -0.25) is 0 Å². The standard InChI is InChI=1S/C25H28P.HI/c1-2-3-4-5-15-22-26(23-16-9-6-10-17-23,24-18-11-7-12-19-24)25-20-13-8-14-21-25;/h6-22H,2-5H2,1H3;1H/q+1;/p-1. The molecular weight excluding hydrogens is 458 g/mol. The number of allylic oxidation sites excluding steroid dienone is 1. The summed E-state index contributed by atoms with van der Waals surface area (Å²) >= 11 is 0. The number of halogens is 1. The van der Waals surface area contributed by atoms with Gasteiger partial charge in [-0.05, 0) is 55.3 Å². The Kier molecular flexibility index (Phi) is 9.24. The topological polar surface area (TPSA) is 0 Å². The first-order valence-corrected chi connectivity index (χ1v) is 11.5. The molecule has 27 heavy (non-hydrogen) atoms. The quantitative estimate of drug-likeness (QED) is 0.261. The molecule has 0 aliphatic carbocycles. The molecule has 0 bridgehead atoms.